The van der Waals surface area contributed by atoms with Gasteiger partial charge in [0.25, 0.3) is 0 Å². The molecule has 1 fully saturated rings. The molecule has 0 spiro atoms. The zero-order chi connectivity index (χ0) is 16.1. The highest BCUT2D eigenvalue weighted by molar-refractivity contribution is 6.28. The van der Waals surface area contributed by atoms with Gasteiger partial charge in [0.05, 0.1) is 20.0 Å². The molecular formula is C12H14ClFN4O4. The number of hydrogen-bond acceptors (Lipinski definition) is 7. The average Bonchev–Trinajstić information content (AvgIpc) is 3.01. The number of ether oxygens (including phenoxy) is 2. The Bertz CT molecular complexity index is 714. The van der Waals surface area contributed by atoms with Gasteiger partial charge in [-0.15, -0.1) is 0 Å². The number of aliphatic hydroxyl groups excluding tert-OH is 2. The van der Waals surface area contributed by atoms with Crippen molar-refractivity contribution in [3.8, 4) is 5.88 Å². The molecule has 2 aromatic heterocycles. The number of aliphatic hydroxyl groups is 2. The monoisotopic (exact) mass is 332 g/mol. The number of methoxy groups -OCH3 is 1. The van der Waals surface area contributed by atoms with Crippen molar-refractivity contribution in [2.24, 2.45) is 0 Å². The molecule has 3 heterocycles. The molecule has 0 bridgehead atoms. The van der Waals surface area contributed by atoms with Crippen LogP contribution in [0.25, 0.3) is 11.2 Å². The lowest BCUT2D eigenvalue weighted by Gasteiger charge is -2.24. The highest BCUT2D eigenvalue weighted by Gasteiger charge is 2.53. The van der Waals surface area contributed by atoms with Crippen LogP contribution >= 0.6 is 11.6 Å². The van der Waals surface area contributed by atoms with Crippen LogP contribution in [-0.4, -0.2) is 61.3 Å². The van der Waals surface area contributed by atoms with E-state index >= 15 is 0 Å². The molecule has 1 aliphatic rings. The number of imidazole rings is 1. The van der Waals surface area contributed by atoms with E-state index in [-0.39, 0.29) is 22.3 Å². The van der Waals surface area contributed by atoms with Gasteiger partial charge in [-0.1, -0.05) is 0 Å². The van der Waals surface area contributed by atoms with E-state index in [1.165, 1.54) is 24.9 Å². The number of fused-ring (bicyclic) bond motifs is 1. The Labute approximate surface area is 129 Å². The van der Waals surface area contributed by atoms with E-state index in [0.29, 0.717) is 0 Å². The Hall–Kier alpha value is -1.55. The SMILES string of the molecule is COc1nc(Cl)nc2c1ncn2[C@@H]1O[C@](C)(CO)[C@@H](O)[C@H]1F. The molecule has 0 amide bonds. The quantitative estimate of drug-likeness (QED) is 0.787. The summed E-state index contributed by atoms with van der Waals surface area (Å²) >= 11 is 5.82. The highest BCUT2D eigenvalue weighted by atomic mass is 35.5. The van der Waals surface area contributed by atoms with Crippen LogP contribution in [-0.2, 0) is 4.74 Å². The number of hydrogen-bond donors (Lipinski definition) is 2. The van der Waals surface area contributed by atoms with Crippen molar-refractivity contribution in [2.75, 3.05) is 13.7 Å². The summed E-state index contributed by atoms with van der Waals surface area (Å²) in [6, 6.07) is 0. The molecular weight excluding hydrogens is 319 g/mol. The average molecular weight is 333 g/mol. The minimum absolute atomic E-state index is 0.0926. The Balaban J connectivity index is 2.10. The molecule has 120 valence electrons. The second-order valence-corrected chi connectivity index (χ2v) is 5.53. The van der Waals surface area contributed by atoms with Crippen molar-refractivity contribution in [3.05, 3.63) is 11.6 Å². The Morgan fingerprint density at radius 2 is 2.27 bits per heavy atom. The molecule has 0 aliphatic carbocycles. The predicted octanol–water partition coefficient (Wildman–Crippen LogP) is 0.467. The molecule has 0 saturated carbocycles. The fraction of sp³-hybridized carbons (Fsp3) is 0.583. The lowest BCUT2D eigenvalue weighted by atomic mass is 9.99. The van der Waals surface area contributed by atoms with Gasteiger partial charge < -0.3 is 19.7 Å². The molecule has 0 radical (unpaired) electrons. The van der Waals surface area contributed by atoms with Gasteiger partial charge in [-0.05, 0) is 18.5 Å². The predicted molar refractivity (Wildman–Crippen MR) is 73.4 cm³/mol. The summed E-state index contributed by atoms with van der Waals surface area (Å²) in [5, 5.41) is 19.2. The molecule has 2 N–H and O–H groups in total. The van der Waals surface area contributed by atoms with Gasteiger partial charge in [-0.25, -0.2) is 9.37 Å². The number of rotatable bonds is 3. The molecule has 1 saturated heterocycles. The van der Waals surface area contributed by atoms with Crippen LogP contribution in [0.2, 0.25) is 5.28 Å². The van der Waals surface area contributed by atoms with Crippen LogP contribution in [0, 0.1) is 0 Å². The summed E-state index contributed by atoms with van der Waals surface area (Å²) in [6.45, 7) is 0.892. The zero-order valence-electron chi connectivity index (χ0n) is 11.8. The Morgan fingerprint density at radius 1 is 1.55 bits per heavy atom. The number of alkyl halides is 1. The third-order valence-corrected chi connectivity index (χ3v) is 3.90. The van der Waals surface area contributed by atoms with Crippen LogP contribution in [0.1, 0.15) is 13.2 Å². The van der Waals surface area contributed by atoms with Gasteiger partial charge in [0.2, 0.25) is 11.2 Å². The summed E-state index contributed by atoms with van der Waals surface area (Å²) in [7, 11) is 1.40. The highest BCUT2D eigenvalue weighted by Crippen LogP contribution is 2.40. The topological polar surface area (TPSA) is 103 Å². The fourth-order valence-electron chi connectivity index (χ4n) is 2.44. The van der Waals surface area contributed by atoms with Crippen molar-refractivity contribution < 1.29 is 24.1 Å². The summed E-state index contributed by atoms with van der Waals surface area (Å²) in [5.41, 5.74) is -0.921. The fourth-order valence-corrected chi connectivity index (χ4v) is 2.59. The van der Waals surface area contributed by atoms with Crippen molar-refractivity contribution in [1.29, 1.82) is 0 Å². The standard InChI is InChI=1S/C12H14ClFN4O4/c1-12(3-19)7(20)5(14)10(22-12)18-4-15-6-8(18)16-11(13)17-9(6)21-2/h4-5,7,10,19-20H,3H2,1-2H3/t5-,7+,10-,12-/m1/s1. The smallest absolute Gasteiger partial charge is 0.246 e. The first kappa shape index (κ1) is 15.3. The van der Waals surface area contributed by atoms with Gasteiger partial charge in [-0.3, -0.25) is 4.57 Å². The van der Waals surface area contributed by atoms with E-state index < -0.39 is 30.7 Å². The Kier molecular flexibility index (Phi) is 3.68. The maximum absolute atomic E-state index is 14.4. The minimum atomic E-state index is -1.77. The molecule has 4 atom stereocenters. The normalized spacial score (nSPS) is 31.8. The van der Waals surface area contributed by atoms with Crippen molar-refractivity contribution in [1.82, 2.24) is 19.5 Å². The van der Waals surface area contributed by atoms with Crippen LogP contribution in [0.15, 0.2) is 6.33 Å². The maximum atomic E-state index is 14.4. The molecule has 22 heavy (non-hydrogen) atoms. The largest absolute Gasteiger partial charge is 0.479 e. The summed E-state index contributed by atoms with van der Waals surface area (Å²) in [5.74, 6) is 0.146. The third kappa shape index (κ3) is 2.12. The van der Waals surface area contributed by atoms with Gasteiger partial charge >= 0.3 is 0 Å². The van der Waals surface area contributed by atoms with Crippen molar-refractivity contribution >= 4 is 22.8 Å². The van der Waals surface area contributed by atoms with Gasteiger partial charge in [0.15, 0.2) is 23.6 Å². The van der Waals surface area contributed by atoms with Crippen molar-refractivity contribution in [3.63, 3.8) is 0 Å². The third-order valence-electron chi connectivity index (χ3n) is 3.73. The van der Waals surface area contributed by atoms with Gasteiger partial charge in [0, 0.05) is 0 Å². The summed E-state index contributed by atoms with van der Waals surface area (Å²) < 4.78 is 26.2. The maximum Gasteiger partial charge on any atom is 0.246 e. The first-order valence-electron chi connectivity index (χ1n) is 6.46. The number of halogens is 2. The lowest BCUT2D eigenvalue weighted by molar-refractivity contribution is -0.115. The molecule has 2 aromatic rings. The van der Waals surface area contributed by atoms with Gasteiger partial charge in [-0.2, -0.15) is 9.97 Å². The molecule has 3 rings (SSSR count). The van der Waals surface area contributed by atoms with E-state index in [9.17, 15) is 14.6 Å². The first-order chi connectivity index (χ1) is 10.4. The molecule has 1 aliphatic heterocycles. The molecule has 0 unspecified atom stereocenters. The van der Waals surface area contributed by atoms with E-state index in [1.54, 1.807) is 0 Å². The van der Waals surface area contributed by atoms with Crippen LogP contribution < -0.4 is 4.74 Å². The summed E-state index contributed by atoms with van der Waals surface area (Å²) in [6.07, 6.45) is -3.16. The molecule has 8 nitrogen and oxygen atoms in total. The number of aromatic nitrogens is 4. The second kappa shape index (κ2) is 5.27. The minimum Gasteiger partial charge on any atom is -0.479 e. The zero-order valence-corrected chi connectivity index (χ0v) is 12.5. The first-order valence-corrected chi connectivity index (χ1v) is 6.84. The van der Waals surface area contributed by atoms with Crippen LogP contribution in [0.4, 0.5) is 4.39 Å². The van der Waals surface area contributed by atoms with E-state index in [2.05, 4.69) is 15.0 Å². The lowest BCUT2D eigenvalue weighted by Crippen LogP contribution is -2.42. The second-order valence-electron chi connectivity index (χ2n) is 5.19. The Morgan fingerprint density at radius 3 is 2.86 bits per heavy atom. The van der Waals surface area contributed by atoms with E-state index in [0.717, 1.165) is 0 Å². The number of nitrogens with zero attached hydrogens (tertiary/aromatic N) is 4. The van der Waals surface area contributed by atoms with E-state index in [1.807, 2.05) is 0 Å². The van der Waals surface area contributed by atoms with Crippen molar-refractivity contribution in [2.45, 2.75) is 31.0 Å². The van der Waals surface area contributed by atoms with Gasteiger partial charge in [0.1, 0.15) is 11.7 Å². The summed E-state index contributed by atoms with van der Waals surface area (Å²) in [4.78, 5) is 11.9. The molecule has 0 aromatic carbocycles. The van der Waals surface area contributed by atoms with Crippen LogP contribution in [0.5, 0.6) is 5.88 Å². The van der Waals surface area contributed by atoms with E-state index in [4.69, 9.17) is 21.1 Å². The van der Waals surface area contributed by atoms with Crippen LogP contribution in [0.3, 0.4) is 0 Å². The molecule has 10 heteroatoms.